The first kappa shape index (κ1) is 22.4. The molecule has 0 aromatic rings. The van der Waals surface area contributed by atoms with Crippen LogP contribution >= 0.6 is 0 Å². The second-order valence-electron chi connectivity index (χ2n) is 6.35. The minimum Gasteiger partial charge on any atom is -0.507 e. The quantitative estimate of drug-likeness (QED) is 0.133. The van der Waals surface area contributed by atoms with Gasteiger partial charge in [0.05, 0.1) is 6.42 Å². The highest BCUT2D eigenvalue weighted by Crippen LogP contribution is 2.24. The molecule has 0 saturated carbocycles. The maximum absolute atomic E-state index is 12.1. The molecule has 0 bridgehead atoms. The number of ketones is 1. The first-order chi connectivity index (χ1) is 12.8. The molecule has 2 atom stereocenters. The molecule has 1 heterocycles. The van der Waals surface area contributed by atoms with E-state index in [-0.39, 0.29) is 6.61 Å². The molecule has 0 aliphatic carbocycles. The van der Waals surface area contributed by atoms with Crippen LogP contribution < -0.4 is 0 Å². The molecule has 0 radical (unpaired) electrons. The Labute approximate surface area is 158 Å². The van der Waals surface area contributed by atoms with Crippen molar-refractivity contribution >= 4 is 17.7 Å². The predicted molar refractivity (Wildman–Crippen MR) is 98.9 cm³/mol. The number of ether oxygens (including phenoxy) is 1. The monoisotopic (exact) mass is 378 g/mol. The summed E-state index contributed by atoms with van der Waals surface area (Å²) in [6.45, 7) is 3.73. The number of aliphatic hydroxyl groups excluding tert-OH is 2. The fourth-order valence-electron chi connectivity index (χ4n) is 2.43. The summed E-state index contributed by atoms with van der Waals surface area (Å²) in [7, 11) is 0. The molecule has 1 aliphatic rings. The van der Waals surface area contributed by atoms with Crippen LogP contribution in [0, 0.1) is 5.92 Å². The summed E-state index contributed by atoms with van der Waals surface area (Å²) in [6.07, 6.45) is 9.41. The number of Topliss-reactive ketones (excluding diaryl/α,β-unsaturated/α-hetero) is 1. The van der Waals surface area contributed by atoms with Crippen LogP contribution in [0.4, 0.5) is 0 Å². The third kappa shape index (κ3) is 7.22. The van der Waals surface area contributed by atoms with Crippen molar-refractivity contribution in [2.75, 3.05) is 6.61 Å². The van der Waals surface area contributed by atoms with Gasteiger partial charge < -0.3 is 20.1 Å². The zero-order valence-electron chi connectivity index (χ0n) is 15.6. The second kappa shape index (κ2) is 11.1. The molecule has 1 fully saturated rings. The van der Waals surface area contributed by atoms with E-state index in [9.17, 15) is 19.5 Å². The maximum Gasteiger partial charge on any atom is 0.346 e. The van der Waals surface area contributed by atoms with Gasteiger partial charge in [0.25, 0.3) is 0 Å². The molecule has 0 aromatic carbocycles. The number of aliphatic hydroxyl groups is 2. The Morgan fingerprint density at radius 3 is 2.56 bits per heavy atom. The van der Waals surface area contributed by atoms with Gasteiger partial charge in [-0.15, -0.1) is 0 Å². The SMILES string of the molecule is C/C(=C\CC/C=C/C=C/C(C)CCO)C(O)=C1C(=O)OC(CC(=O)O)C1=O. The molecule has 2 unspecified atom stereocenters. The Morgan fingerprint density at radius 1 is 1.22 bits per heavy atom. The molecule has 1 aliphatic heterocycles. The lowest BCUT2D eigenvalue weighted by Crippen LogP contribution is -2.20. The average molecular weight is 378 g/mol. The second-order valence-corrected chi connectivity index (χ2v) is 6.35. The van der Waals surface area contributed by atoms with Crippen molar-refractivity contribution in [2.24, 2.45) is 5.92 Å². The number of carbonyl (C=O) groups is 3. The molecule has 7 heteroatoms. The van der Waals surface area contributed by atoms with Crippen molar-refractivity contribution < 1.29 is 34.4 Å². The van der Waals surface area contributed by atoms with Crippen LogP contribution in [0.15, 0.2) is 47.3 Å². The Hall–Kier alpha value is -2.67. The topological polar surface area (TPSA) is 121 Å². The molecule has 3 N–H and O–H groups in total. The lowest BCUT2D eigenvalue weighted by Gasteiger charge is -2.02. The van der Waals surface area contributed by atoms with E-state index in [1.54, 1.807) is 13.0 Å². The Bertz CT molecular complexity index is 682. The van der Waals surface area contributed by atoms with Crippen LogP contribution in [0.2, 0.25) is 0 Å². The van der Waals surface area contributed by atoms with Gasteiger partial charge in [0.15, 0.2) is 6.10 Å². The number of allylic oxidation sites excluding steroid dienone is 6. The minimum atomic E-state index is -1.39. The number of cyclic esters (lactones) is 1. The van der Waals surface area contributed by atoms with E-state index < -0.39 is 41.6 Å². The van der Waals surface area contributed by atoms with Gasteiger partial charge in [-0.3, -0.25) is 9.59 Å². The fourth-order valence-corrected chi connectivity index (χ4v) is 2.43. The minimum absolute atomic E-state index is 0.158. The Balaban J connectivity index is 2.63. The number of hydrogen-bond donors (Lipinski definition) is 3. The fraction of sp³-hybridized carbons (Fsp3) is 0.450. The van der Waals surface area contributed by atoms with Crippen LogP contribution in [0.1, 0.15) is 39.5 Å². The molecular weight excluding hydrogens is 352 g/mol. The highest BCUT2D eigenvalue weighted by atomic mass is 16.6. The molecule has 148 valence electrons. The lowest BCUT2D eigenvalue weighted by molar-refractivity contribution is -0.147. The first-order valence-electron chi connectivity index (χ1n) is 8.79. The van der Waals surface area contributed by atoms with Gasteiger partial charge in [-0.1, -0.05) is 37.3 Å². The van der Waals surface area contributed by atoms with Crippen molar-refractivity contribution in [2.45, 2.75) is 45.6 Å². The van der Waals surface area contributed by atoms with Crippen LogP contribution in [-0.4, -0.2) is 45.8 Å². The molecule has 0 aromatic heterocycles. The summed E-state index contributed by atoms with van der Waals surface area (Å²) >= 11 is 0. The molecular formula is C20H26O7. The highest BCUT2D eigenvalue weighted by Gasteiger charge is 2.42. The zero-order chi connectivity index (χ0) is 20.4. The summed E-state index contributed by atoms with van der Waals surface area (Å²) < 4.78 is 4.73. The average Bonchev–Trinajstić information content (AvgIpc) is 2.86. The van der Waals surface area contributed by atoms with Gasteiger partial charge in [0, 0.05) is 6.61 Å². The van der Waals surface area contributed by atoms with Gasteiger partial charge in [0.1, 0.15) is 11.3 Å². The van der Waals surface area contributed by atoms with Gasteiger partial charge in [0.2, 0.25) is 5.78 Å². The number of hydrogen-bond acceptors (Lipinski definition) is 6. The molecule has 1 saturated heterocycles. The van der Waals surface area contributed by atoms with Crippen molar-refractivity contribution in [3.8, 4) is 0 Å². The van der Waals surface area contributed by atoms with E-state index in [1.807, 2.05) is 31.2 Å². The van der Waals surface area contributed by atoms with Crippen molar-refractivity contribution in [3.05, 3.63) is 47.3 Å². The summed E-state index contributed by atoms with van der Waals surface area (Å²) in [5.74, 6) is -3.24. The zero-order valence-corrected chi connectivity index (χ0v) is 15.6. The summed E-state index contributed by atoms with van der Waals surface area (Å²) in [4.78, 5) is 34.5. The lowest BCUT2D eigenvalue weighted by atomic mass is 10.0. The summed E-state index contributed by atoms with van der Waals surface area (Å²) in [5.41, 5.74) is -0.141. The van der Waals surface area contributed by atoms with Crippen LogP contribution in [0.3, 0.4) is 0 Å². The normalized spacial score (nSPS) is 21.1. The van der Waals surface area contributed by atoms with E-state index in [4.69, 9.17) is 14.9 Å². The number of rotatable bonds is 10. The number of carboxylic acid groups (broad SMARTS) is 1. The summed E-state index contributed by atoms with van der Waals surface area (Å²) in [6, 6.07) is 0. The molecule has 0 amide bonds. The smallest absolute Gasteiger partial charge is 0.346 e. The van der Waals surface area contributed by atoms with Gasteiger partial charge >= 0.3 is 11.9 Å². The molecule has 7 nitrogen and oxygen atoms in total. The number of carboxylic acids is 1. The number of carbonyl (C=O) groups excluding carboxylic acids is 2. The number of aliphatic carboxylic acids is 1. The largest absolute Gasteiger partial charge is 0.507 e. The summed E-state index contributed by atoms with van der Waals surface area (Å²) in [5, 5.41) is 27.7. The van der Waals surface area contributed by atoms with Crippen LogP contribution in [-0.2, 0) is 19.1 Å². The standard InChI is InChI=1S/C20H26O7/c1-13(10-11-21)8-6-4-3-5-7-9-14(2)18(24)17-19(25)15(12-16(22)23)27-20(17)26/h3-4,6,8-9,13,15,21,24H,5,7,10-12H2,1-2H3,(H,22,23)/b4-3+,8-6+,14-9+,18-17?. The third-order valence-corrected chi connectivity index (χ3v) is 4.02. The van der Waals surface area contributed by atoms with E-state index >= 15 is 0 Å². The van der Waals surface area contributed by atoms with Crippen LogP contribution in [0.25, 0.3) is 0 Å². The van der Waals surface area contributed by atoms with Gasteiger partial charge in [-0.05, 0) is 37.7 Å². The highest BCUT2D eigenvalue weighted by molar-refractivity contribution is 6.24. The van der Waals surface area contributed by atoms with Crippen molar-refractivity contribution in [3.63, 3.8) is 0 Å². The van der Waals surface area contributed by atoms with Crippen LogP contribution in [0.5, 0.6) is 0 Å². The van der Waals surface area contributed by atoms with E-state index in [0.717, 1.165) is 0 Å². The Morgan fingerprint density at radius 2 is 1.93 bits per heavy atom. The van der Waals surface area contributed by atoms with Gasteiger partial charge in [-0.2, -0.15) is 0 Å². The first-order valence-corrected chi connectivity index (χ1v) is 8.79. The molecule has 0 spiro atoms. The van der Waals surface area contributed by atoms with Crippen molar-refractivity contribution in [1.82, 2.24) is 0 Å². The number of unbranched alkanes of at least 4 members (excludes halogenated alkanes) is 1. The number of esters is 1. The third-order valence-electron chi connectivity index (χ3n) is 4.02. The van der Waals surface area contributed by atoms with Gasteiger partial charge in [-0.25, -0.2) is 4.79 Å². The maximum atomic E-state index is 12.1. The van der Waals surface area contributed by atoms with E-state index in [2.05, 4.69) is 0 Å². The molecule has 1 rings (SSSR count). The van der Waals surface area contributed by atoms with E-state index in [1.165, 1.54) is 0 Å². The predicted octanol–water partition coefficient (Wildman–Crippen LogP) is 2.63. The molecule has 27 heavy (non-hydrogen) atoms. The van der Waals surface area contributed by atoms with E-state index in [0.29, 0.717) is 30.8 Å². The van der Waals surface area contributed by atoms with Crippen molar-refractivity contribution in [1.29, 1.82) is 0 Å². The Kier molecular flexibility index (Phi) is 9.22.